The van der Waals surface area contributed by atoms with E-state index in [-0.39, 0.29) is 11.9 Å². The Morgan fingerprint density at radius 1 is 1.43 bits per heavy atom. The van der Waals surface area contributed by atoms with Gasteiger partial charge in [0.1, 0.15) is 11.9 Å². The smallest absolute Gasteiger partial charge is 0.129 e. The maximum atomic E-state index is 13.9. The zero-order chi connectivity index (χ0) is 16.1. The van der Waals surface area contributed by atoms with E-state index in [0.717, 1.165) is 31.7 Å². The molecule has 6 heteroatoms. The average Bonchev–Trinajstić information content (AvgIpc) is 3.11. The van der Waals surface area contributed by atoms with Crippen molar-refractivity contribution in [1.29, 1.82) is 5.26 Å². The Morgan fingerprint density at radius 3 is 3.09 bits per heavy atom. The van der Waals surface area contributed by atoms with E-state index in [1.54, 1.807) is 18.3 Å². The highest BCUT2D eigenvalue weighted by molar-refractivity contribution is 5.32. The first kappa shape index (κ1) is 15.7. The van der Waals surface area contributed by atoms with Gasteiger partial charge in [-0.25, -0.2) is 4.39 Å². The van der Waals surface area contributed by atoms with E-state index >= 15 is 0 Å². The van der Waals surface area contributed by atoms with Crippen molar-refractivity contribution in [3.8, 4) is 6.07 Å². The maximum Gasteiger partial charge on any atom is 0.129 e. The van der Waals surface area contributed by atoms with Crippen LogP contribution in [0.3, 0.4) is 0 Å². The fourth-order valence-corrected chi connectivity index (χ4v) is 2.97. The zero-order valence-corrected chi connectivity index (χ0v) is 12.8. The van der Waals surface area contributed by atoms with Gasteiger partial charge in [0, 0.05) is 37.4 Å². The van der Waals surface area contributed by atoms with E-state index in [1.165, 1.54) is 6.07 Å². The van der Waals surface area contributed by atoms with Gasteiger partial charge in [-0.15, -0.1) is 0 Å². The van der Waals surface area contributed by atoms with E-state index in [4.69, 9.17) is 10.00 Å². The molecule has 0 spiro atoms. The normalized spacial score (nSPS) is 21.0. The van der Waals surface area contributed by atoms with E-state index < -0.39 is 0 Å². The van der Waals surface area contributed by atoms with Crippen LogP contribution in [0, 0.1) is 23.1 Å². The molecule has 0 radical (unpaired) electrons. The van der Waals surface area contributed by atoms with Gasteiger partial charge >= 0.3 is 0 Å². The molecular formula is C17H19FN4O. The molecule has 1 aliphatic rings. The molecule has 1 aromatic heterocycles. The molecule has 1 aliphatic heterocycles. The predicted molar refractivity (Wildman–Crippen MR) is 82.8 cm³/mol. The zero-order valence-electron chi connectivity index (χ0n) is 12.8. The van der Waals surface area contributed by atoms with Crippen LogP contribution in [0.1, 0.15) is 35.8 Å². The number of rotatable bonds is 5. The summed E-state index contributed by atoms with van der Waals surface area (Å²) in [6.07, 6.45) is 3.82. The van der Waals surface area contributed by atoms with Crippen LogP contribution in [0.25, 0.3) is 0 Å². The summed E-state index contributed by atoms with van der Waals surface area (Å²) in [6, 6.07) is 8.44. The summed E-state index contributed by atoms with van der Waals surface area (Å²) in [6.45, 7) is 1.93. The number of nitrogens with one attached hydrogen (secondary N) is 2. The van der Waals surface area contributed by atoms with Crippen LogP contribution in [0.15, 0.2) is 30.5 Å². The number of ether oxygens (including phenoxy) is 1. The largest absolute Gasteiger partial charge is 0.372 e. The van der Waals surface area contributed by atoms with Crippen molar-refractivity contribution in [2.45, 2.75) is 25.5 Å². The number of H-pyrrole nitrogens is 1. The van der Waals surface area contributed by atoms with Gasteiger partial charge in [-0.05, 0) is 31.0 Å². The van der Waals surface area contributed by atoms with Gasteiger partial charge in [-0.1, -0.05) is 6.07 Å². The Kier molecular flexibility index (Phi) is 5.01. The highest BCUT2D eigenvalue weighted by Crippen LogP contribution is 2.32. The average molecular weight is 314 g/mol. The molecule has 0 bridgehead atoms. The number of nitriles is 1. The van der Waals surface area contributed by atoms with Gasteiger partial charge in [-0.2, -0.15) is 10.4 Å². The van der Waals surface area contributed by atoms with Crippen molar-refractivity contribution >= 4 is 0 Å². The molecule has 0 amide bonds. The van der Waals surface area contributed by atoms with Gasteiger partial charge in [0.15, 0.2) is 0 Å². The Morgan fingerprint density at radius 2 is 2.35 bits per heavy atom. The van der Waals surface area contributed by atoms with E-state index in [2.05, 4.69) is 15.5 Å². The summed E-state index contributed by atoms with van der Waals surface area (Å²) < 4.78 is 19.7. The molecular weight excluding hydrogens is 295 g/mol. The second-order valence-corrected chi connectivity index (χ2v) is 5.75. The van der Waals surface area contributed by atoms with Gasteiger partial charge in [-0.3, -0.25) is 5.10 Å². The number of hydrogen-bond donors (Lipinski definition) is 2. The molecule has 1 fully saturated rings. The lowest BCUT2D eigenvalue weighted by Gasteiger charge is -2.31. The van der Waals surface area contributed by atoms with Crippen molar-refractivity contribution < 1.29 is 9.13 Å². The van der Waals surface area contributed by atoms with Crippen LogP contribution in [0.5, 0.6) is 0 Å². The number of aromatic amines is 1. The molecule has 2 atom stereocenters. The number of halogens is 1. The second kappa shape index (κ2) is 7.36. The van der Waals surface area contributed by atoms with Crippen molar-refractivity contribution in [2.24, 2.45) is 5.92 Å². The quantitative estimate of drug-likeness (QED) is 0.890. The molecule has 0 unspecified atom stereocenters. The molecule has 1 saturated heterocycles. The van der Waals surface area contributed by atoms with Crippen molar-refractivity contribution in [1.82, 2.24) is 15.5 Å². The predicted octanol–water partition coefficient (Wildman–Crippen LogP) is 2.68. The Labute approximate surface area is 134 Å². The van der Waals surface area contributed by atoms with E-state index in [1.807, 2.05) is 12.1 Å². The summed E-state index contributed by atoms with van der Waals surface area (Å²) in [7, 11) is 0. The molecule has 2 N–H and O–H groups in total. The maximum absolute atomic E-state index is 13.9. The molecule has 5 nitrogen and oxygen atoms in total. The first-order chi connectivity index (χ1) is 11.3. The molecule has 0 aliphatic carbocycles. The van der Waals surface area contributed by atoms with Crippen molar-refractivity contribution in [3.63, 3.8) is 0 Å². The highest BCUT2D eigenvalue weighted by atomic mass is 19.1. The van der Waals surface area contributed by atoms with Gasteiger partial charge in [0.2, 0.25) is 0 Å². The highest BCUT2D eigenvalue weighted by Gasteiger charge is 2.28. The Balaban J connectivity index is 1.58. The van der Waals surface area contributed by atoms with Crippen LogP contribution >= 0.6 is 0 Å². The molecule has 0 saturated carbocycles. The molecule has 23 heavy (non-hydrogen) atoms. The fourth-order valence-electron chi connectivity index (χ4n) is 2.97. The van der Waals surface area contributed by atoms with Crippen LogP contribution in [0.2, 0.25) is 0 Å². The third-order valence-corrected chi connectivity index (χ3v) is 4.18. The monoisotopic (exact) mass is 314 g/mol. The number of hydrogen-bond acceptors (Lipinski definition) is 4. The van der Waals surface area contributed by atoms with Gasteiger partial charge in [0.25, 0.3) is 0 Å². The first-order valence-electron chi connectivity index (χ1n) is 7.78. The third-order valence-electron chi connectivity index (χ3n) is 4.18. The summed E-state index contributed by atoms with van der Waals surface area (Å²) in [5.74, 6) is -0.0211. The van der Waals surface area contributed by atoms with E-state index in [0.29, 0.717) is 23.6 Å². The SMILES string of the molecule is N#Cc1ccc(CNC[C@@H]2CCCO[C@H]2c2ccn[nH]2)c(F)c1. The Hall–Kier alpha value is -2.23. The van der Waals surface area contributed by atoms with Crippen LogP contribution in [-0.2, 0) is 11.3 Å². The van der Waals surface area contributed by atoms with Crippen LogP contribution in [0.4, 0.5) is 4.39 Å². The summed E-state index contributed by atoms with van der Waals surface area (Å²) in [5.41, 5.74) is 1.89. The lowest BCUT2D eigenvalue weighted by Crippen LogP contribution is -2.32. The van der Waals surface area contributed by atoms with E-state index in [9.17, 15) is 4.39 Å². The first-order valence-corrected chi connectivity index (χ1v) is 7.78. The molecule has 3 rings (SSSR count). The minimum absolute atomic E-state index is 0.00422. The minimum Gasteiger partial charge on any atom is -0.372 e. The lowest BCUT2D eigenvalue weighted by atomic mass is 9.92. The topological polar surface area (TPSA) is 73.7 Å². The summed E-state index contributed by atoms with van der Waals surface area (Å²) in [4.78, 5) is 0. The second-order valence-electron chi connectivity index (χ2n) is 5.75. The third kappa shape index (κ3) is 3.76. The molecule has 1 aromatic carbocycles. The number of benzene rings is 1. The number of nitrogens with zero attached hydrogens (tertiary/aromatic N) is 2. The van der Waals surface area contributed by atoms with Gasteiger partial charge in [0.05, 0.1) is 17.3 Å². The lowest BCUT2D eigenvalue weighted by molar-refractivity contribution is -0.0303. The Bertz CT molecular complexity index is 680. The fraction of sp³-hybridized carbons (Fsp3) is 0.412. The van der Waals surface area contributed by atoms with Crippen LogP contribution < -0.4 is 5.32 Å². The number of aromatic nitrogens is 2. The molecule has 120 valence electrons. The van der Waals surface area contributed by atoms with Crippen molar-refractivity contribution in [2.75, 3.05) is 13.2 Å². The summed E-state index contributed by atoms with van der Waals surface area (Å²) in [5, 5.41) is 19.0. The minimum atomic E-state index is -0.346. The summed E-state index contributed by atoms with van der Waals surface area (Å²) >= 11 is 0. The molecule has 2 heterocycles. The van der Waals surface area contributed by atoms with Crippen molar-refractivity contribution in [3.05, 3.63) is 53.1 Å². The van der Waals surface area contributed by atoms with Crippen LogP contribution in [-0.4, -0.2) is 23.3 Å². The molecule has 2 aromatic rings. The van der Waals surface area contributed by atoms with Gasteiger partial charge < -0.3 is 10.1 Å². The standard InChI is InChI=1S/C17H19FN4O/c18-15-8-12(9-19)3-4-13(15)10-20-11-14-2-1-7-23-17(14)16-5-6-21-22-16/h3-6,8,14,17,20H,1-2,7,10-11H2,(H,21,22)/t14-,17+/m0/s1.